The smallest absolute Gasteiger partial charge is 0.382 e. The van der Waals surface area contributed by atoms with Crippen LogP contribution in [0.2, 0.25) is 0 Å². The number of anilines is 2. The van der Waals surface area contributed by atoms with E-state index in [1.54, 1.807) is 16.8 Å². The zero-order valence-corrected chi connectivity index (χ0v) is 21.0. The lowest BCUT2D eigenvalue weighted by Gasteiger charge is -2.34. The Morgan fingerprint density at radius 1 is 1.07 bits per heavy atom. The number of nitrogen functional groups attached to an aromatic ring is 1. The first-order valence-electron chi connectivity index (χ1n) is 12.7. The number of imidazole rings is 1. The van der Waals surface area contributed by atoms with Crippen molar-refractivity contribution in [1.29, 1.82) is 0 Å². The predicted octanol–water partition coefficient (Wildman–Crippen LogP) is 4.65. The topological polar surface area (TPSA) is 119 Å². The van der Waals surface area contributed by atoms with Gasteiger partial charge in [-0.1, -0.05) is 6.07 Å². The third-order valence-corrected chi connectivity index (χ3v) is 7.51. The summed E-state index contributed by atoms with van der Waals surface area (Å²) in [7, 11) is 0. The molecule has 6 rings (SSSR count). The fraction of sp³-hybridized carbons (Fsp3) is 0.296. The highest BCUT2D eigenvalue weighted by atomic mass is 19.4. The maximum atomic E-state index is 15.2. The Morgan fingerprint density at radius 3 is 2.67 bits per heavy atom. The molecule has 3 aromatic heterocycles. The van der Waals surface area contributed by atoms with E-state index in [9.17, 15) is 22.8 Å². The standard InChI is InChI=1S/C27H23F4N7O2/c28-19-11-14(2-5-18(19)26(40)35-20-12-16(7-8-33-20)27(29,30)31)22-23-24(32)34-9-10-37(23)25(36-22)15-1-3-17-4-6-21(39)38(17)13-15/h2,5,7-12,15,17H,1,3-4,6,13H2,(H2,32,34)(H,33,35,40). The van der Waals surface area contributed by atoms with E-state index in [1.165, 1.54) is 12.1 Å². The fourth-order valence-corrected chi connectivity index (χ4v) is 5.56. The summed E-state index contributed by atoms with van der Waals surface area (Å²) in [4.78, 5) is 39.7. The molecule has 0 aliphatic carbocycles. The Balaban J connectivity index is 1.31. The van der Waals surface area contributed by atoms with Gasteiger partial charge in [0.05, 0.1) is 11.1 Å². The van der Waals surface area contributed by atoms with Crippen molar-refractivity contribution < 1.29 is 27.2 Å². The molecule has 2 fully saturated rings. The molecule has 13 heteroatoms. The van der Waals surface area contributed by atoms with E-state index < -0.39 is 23.5 Å². The maximum Gasteiger partial charge on any atom is 0.416 e. The SMILES string of the molecule is Nc1nccn2c(C3CCC4CCC(=O)N4C3)nc(-c3ccc(C(=O)Nc4cc(C(F)(F)F)ccn4)c(F)c3)c12. The first-order valence-corrected chi connectivity index (χ1v) is 12.7. The molecule has 1 aromatic carbocycles. The highest BCUT2D eigenvalue weighted by molar-refractivity contribution is 6.04. The lowest BCUT2D eigenvalue weighted by Crippen LogP contribution is -2.41. The number of nitrogens with two attached hydrogens (primary N) is 1. The number of aromatic nitrogens is 4. The van der Waals surface area contributed by atoms with E-state index in [2.05, 4.69) is 15.3 Å². The summed E-state index contributed by atoms with van der Waals surface area (Å²) in [6, 6.07) is 5.51. The van der Waals surface area contributed by atoms with E-state index in [0.717, 1.165) is 37.6 Å². The number of rotatable bonds is 4. The van der Waals surface area contributed by atoms with E-state index in [1.807, 2.05) is 4.90 Å². The van der Waals surface area contributed by atoms with Gasteiger partial charge in [0.25, 0.3) is 5.91 Å². The van der Waals surface area contributed by atoms with Crippen LogP contribution < -0.4 is 11.1 Å². The molecule has 2 amide bonds. The molecular formula is C27H23F4N7O2. The normalized spacial score (nSPS) is 19.2. The van der Waals surface area contributed by atoms with E-state index >= 15 is 4.39 Å². The molecule has 0 radical (unpaired) electrons. The van der Waals surface area contributed by atoms with Gasteiger partial charge in [-0.2, -0.15) is 13.2 Å². The van der Waals surface area contributed by atoms with Crippen LogP contribution in [-0.4, -0.2) is 48.7 Å². The number of hydrogen-bond acceptors (Lipinski definition) is 6. The largest absolute Gasteiger partial charge is 0.416 e. The molecule has 2 aliphatic rings. The molecule has 5 heterocycles. The van der Waals surface area contributed by atoms with E-state index in [4.69, 9.17) is 10.7 Å². The molecule has 2 unspecified atom stereocenters. The summed E-state index contributed by atoms with van der Waals surface area (Å²) in [5.41, 5.74) is 5.99. The van der Waals surface area contributed by atoms with Gasteiger partial charge in [-0.05, 0) is 43.5 Å². The Labute approximate surface area is 225 Å². The Morgan fingerprint density at radius 2 is 1.90 bits per heavy atom. The van der Waals surface area contributed by atoms with Gasteiger partial charge >= 0.3 is 6.18 Å². The second-order valence-electron chi connectivity index (χ2n) is 9.94. The molecule has 4 aromatic rings. The molecule has 40 heavy (non-hydrogen) atoms. The molecule has 0 bridgehead atoms. The number of fused-ring (bicyclic) bond motifs is 2. The number of hydrogen-bond donors (Lipinski definition) is 2. The van der Waals surface area contributed by atoms with Gasteiger partial charge in [0.15, 0.2) is 0 Å². The Hall–Kier alpha value is -4.55. The van der Waals surface area contributed by atoms with Crippen molar-refractivity contribution in [1.82, 2.24) is 24.3 Å². The Bertz CT molecular complexity index is 1650. The number of alkyl halides is 3. The van der Waals surface area contributed by atoms with Crippen molar-refractivity contribution in [3.05, 3.63) is 71.7 Å². The first-order chi connectivity index (χ1) is 19.1. The number of benzene rings is 1. The third-order valence-electron chi connectivity index (χ3n) is 7.51. The van der Waals surface area contributed by atoms with Gasteiger partial charge in [-0.3, -0.25) is 14.0 Å². The molecule has 0 saturated carbocycles. The van der Waals surface area contributed by atoms with Crippen molar-refractivity contribution >= 4 is 29.0 Å². The third kappa shape index (κ3) is 4.50. The molecule has 9 nitrogen and oxygen atoms in total. The van der Waals surface area contributed by atoms with E-state index in [0.29, 0.717) is 41.6 Å². The fourth-order valence-electron chi connectivity index (χ4n) is 5.56. The van der Waals surface area contributed by atoms with E-state index in [-0.39, 0.29) is 35.1 Å². The van der Waals surface area contributed by atoms with Crippen LogP contribution in [-0.2, 0) is 11.0 Å². The van der Waals surface area contributed by atoms with Gasteiger partial charge < -0.3 is 16.0 Å². The van der Waals surface area contributed by atoms with Gasteiger partial charge in [-0.15, -0.1) is 0 Å². The molecule has 2 aliphatic heterocycles. The van der Waals surface area contributed by atoms with Crippen LogP contribution in [0.1, 0.15) is 53.3 Å². The number of nitrogens with zero attached hydrogens (tertiary/aromatic N) is 5. The average molecular weight is 554 g/mol. The summed E-state index contributed by atoms with van der Waals surface area (Å²) in [6.07, 6.45) is 2.64. The summed E-state index contributed by atoms with van der Waals surface area (Å²) in [6.45, 7) is 0.529. The van der Waals surface area contributed by atoms with Crippen LogP contribution in [0.3, 0.4) is 0 Å². The molecule has 3 N–H and O–H groups in total. The first kappa shape index (κ1) is 25.7. The summed E-state index contributed by atoms with van der Waals surface area (Å²) >= 11 is 0. The second-order valence-corrected chi connectivity index (χ2v) is 9.94. The van der Waals surface area contributed by atoms with Crippen molar-refractivity contribution in [2.45, 2.75) is 43.8 Å². The zero-order chi connectivity index (χ0) is 28.2. The quantitative estimate of drug-likeness (QED) is 0.355. The van der Waals surface area contributed by atoms with Crippen molar-refractivity contribution in [2.24, 2.45) is 0 Å². The second kappa shape index (κ2) is 9.57. The molecule has 206 valence electrons. The van der Waals surface area contributed by atoms with Gasteiger partial charge in [0, 0.05) is 49.1 Å². The lowest BCUT2D eigenvalue weighted by atomic mass is 9.92. The number of halogens is 4. The molecule has 2 saturated heterocycles. The molecule has 2 atom stereocenters. The summed E-state index contributed by atoms with van der Waals surface area (Å²) in [5.74, 6) is -1.30. The highest BCUT2D eigenvalue weighted by Gasteiger charge is 2.38. The highest BCUT2D eigenvalue weighted by Crippen LogP contribution is 2.38. The van der Waals surface area contributed by atoms with Crippen molar-refractivity contribution in [3.63, 3.8) is 0 Å². The maximum absolute atomic E-state index is 15.2. The molecule has 0 spiro atoms. The van der Waals surface area contributed by atoms with Crippen molar-refractivity contribution in [3.8, 4) is 11.3 Å². The number of carbonyl (C=O) groups is 2. The number of carbonyl (C=O) groups excluding carboxylic acids is 2. The Kier molecular flexibility index (Phi) is 6.15. The van der Waals surface area contributed by atoms with Gasteiger partial charge in [0.1, 0.15) is 34.5 Å². The summed E-state index contributed by atoms with van der Waals surface area (Å²) in [5, 5.41) is 2.21. The van der Waals surface area contributed by atoms with Gasteiger partial charge in [0.2, 0.25) is 5.91 Å². The van der Waals surface area contributed by atoms with Crippen LogP contribution in [0, 0.1) is 5.82 Å². The predicted molar refractivity (Wildman–Crippen MR) is 137 cm³/mol. The average Bonchev–Trinajstić information content (AvgIpc) is 3.49. The number of pyridine rings is 1. The zero-order valence-electron chi connectivity index (χ0n) is 21.0. The number of amides is 2. The van der Waals surface area contributed by atoms with Crippen LogP contribution >= 0.6 is 0 Å². The number of nitrogens with one attached hydrogen (secondary N) is 1. The minimum Gasteiger partial charge on any atom is -0.382 e. The summed E-state index contributed by atoms with van der Waals surface area (Å²) < 4.78 is 56.0. The van der Waals surface area contributed by atoms with Crippen LogP contribution in [0.4, 0.5) is 29.2 Å². The number of piperidine rings is 1. The van der Waals surface area contributed by atoms with Gasteiger partial charge in [-0.25, -0.2) is 19.3 Å². The minimum absolute atomic E-state index is 0.0591. The lowest BCUT2D eigenvalue weighted by molar-refractivity contribution is -0.137. The van der Waals surface area contributed by atoms with Crippen LogP contribution in [0.5, 0.6) is 0 Å². The van der Waals surface area contributed by atoms with Crippen LogP contribution in [0.15, 0.2) is 48.9 Å². The minimum atomic E-state index is -4.62. The van der Waals surface area contributed by atoms with Crippen molar-refractivity contribution in [2.75, 3.05) is 17.6 Å². The monoisotopic (exact) mass is 553 g/mol. The molecular weight excluding hydrogens is 530 g/mol. The van der Waals surface area contributed by atoms with Crippen LogP contribution in [0.25, 0.3) is 16.8 Å².